The Morgan fingerprint density at radius 2 is 1.95 bits per heavy atom. The van der Waals surface area contributed by atoms with Crippen LogP contribution in [0.2, 0.25) is 4.34 Å². The molecule has 0 fully saturated rings. The number of hydrogen-bond acceptors (Lipinski definition) is 3. The largest absolute Gasteiger partial charge is 0.497 e. The maximum absolute atomic E-state index is 12.0. The number of halogens is 1. The first kappa shape index (κ1) is 13.9. The van der Waals surface area contributed by atoms with Gasteiger partial charge in [-0.1, -0.05) is 11.6 Å². The second-order valence-electron chi connectivity index (χ2n) is 4.48. The molecule has 3 rings (SSSR count). The lowest BCUT2D eigenvalue weighted by Gasteiger charge is -2.04. The lowest BCUT2D eigenvalue weighted by molar-refractivity contribution is -0.115. The van der Waals surface area contributed by atoms with Gasteiger partial charge in [0, 0.05) is 16.1 Å². The predicted molar refractivity (Wildman–Crippen MR) is 86.4 cm³/mol. The Hall–Kier alpha value is -2.04. The summed E-state index contributed by atoms with van der Waals surface area (Å²) in [5.41, 5.74) is 2.35. The number of hydrogen-bond donors (Lipinski definition) is 1. The van der Waals surface area contributed by atoms with E-state index in [1.807, 2.05) is 48.6 Å². The van der Waals surface area contributed by atoms with Crippen LogP contribution >= 0.6 is 22.9 Å². The normalized spacial score (nSPS) is 16.0. The molecular formula is C16H12ClNO2S. The molecule has 0 saturated heterocycles. The Morgan fingerprint density at radius 1 is 1.19 bits per heavy atom. The SMILES string of the molecule is COc1ccc(C2=CC(=Cc3ccc(Cl)s3)C(=O)N2)cc1. The Balaban J connectivity index is 1.89. The number of ether oxygens (including phenoxy) is 1. The monoisotopic (exact) mass is 317 g/mol. The molecule has 2 heterocycles. The van der Waals surface area contributed by atoms with E-state index in [0.717, 1.165) is 21.9 Å². The second-order valence-corrected chi connectivity index (χ2v) is 6.23. The molecule has 106 valence electrons. The van der Waals surface area contributed by atoms with Gasteiger partial charge in [-0.3, -0.25) is 4.79 Å². The van der Waals surface area contributed by atoms with Gasteiger partial charge < -0.3 is 10.1 Å². The smallest absolute Gasteiger partial charge is 0.255 e. The van der Waals surface area contributed by atoms with Crippen molar-refractivity contribution >= 4 is 40.6 Å². The number of methoxy groups -OCH3 is 1. The zero-order chi connectivity index (χ0) is 14.8. The molecule has 1 aromatic heterocycles. The highest BCUT2D eigenvalue weighted by Crippen LogP contribution is 2.27. The maximum Gasteiger partial charge on any atom is 0.255 e. The molecule has 0 radical (unpaired) electrons. The zero-order valence-electron chi connectivity index (χ0n) is 11.2. The molecule has 1 aliphatic rings. The Bertz CT molecular complexity index is 744. The summed E-state index contributed by atoms with van der Waals surface area (Å²) >= 11 is 7.34. The summed E-state index contributed by atoms with van der Waals surface area (Å²) in [5.74, 6) is 0.679. The van der Waals surface area contributed by atoms with Crippen LogP contribution in [0.25, 0.3) is 11.8 Å². The quantitative estimate of drug-likeness (QED) is 0.870. The van der Waals surface area contributed by atoms with Crippen LogP contribution in [-0.4, -0.2) is 13.0 Å². The van der Waals surface area contributed by atoms with Crippen LogP contribution in [0.1, 0.15) is 10.4 Å². The van der Waals surface area contributed by atoms with Gasteiger partial charge >= 0.3 is 0 Å². The van der Waals surface area contributed by atoms with Gasteiger partial charge in [-0.25, -0.2) is 0 Å². The van der Waals surface area contributed by atoms with Crippen molar-refractivity contribution in [2.75, 3.05) is 7.11 Å². The number of thiophene rings is 1. The first-order chi connectivity index (χ1) is 10.2. The Labute approximate surface area is 131 Å². The van der Waals surface area contributed by atoms with Gasteiger partial charge in [0.25, 0.3) is 5.91 Å². The van der Waals surface area contributed by atoms with Crippen molar-refractivity contribution in [1.29, 1.82) is 0 Å². The topological polar surface area (TPSA) is 38.3 Å². The van der Waals surface area contributed by atoms with Crippen molar-refractivity contribution in [2.24, 2.45) is 0 Å². The van der Waals surface area contributed by atoms with Gasteiger partial charge in [-0.05, 0) is 54.1 Å². The number of rotatable bonds is 3. The van der Waals surface area contributed by atoms with Crippen molar-refractivity contribution in [3.05, 3.63) is 62.8 Å². The minimum atomic E-state index is -0.106. The van der Waals surface area contributed by atoms with E-state index < -0.39 is 0 Å². The van der Waals surface area contributed by atoms with E-state index in [0.29, 0.717) is 9.91 Å². The fourth-order valence-electron chi connectivity index (χ4n) is 2.04. The highest BCUT2D eigenvalue weighted by Gasteiger charge is 2.19. The molecule has 21 heavy (non-hydrogen) atoms. The fraction of sp³-hybridized carbons (Fsp3) is 0.0625. The van der Waals surface area contributed by atoms with E-state index in [2.05, 4.69) is 5.32 Å². The molecule has 0 unspecified atom stereocenters. The lowest BCUT2D eigenvalue weighted by atomic mass is 10.1. The van der Waals surface area contributed by atoms with Gasteiger partial charge in [0.2, 0.25) is 0 Å². The summed E-state index contributed by atoms with van der Waals surface area (Å²) in [5, 5.41) is 2.87. The van der Waals surface area contributed by atoms with E-state index in [1.165, 1.54) is 11.3 Å². The molecule has 1 N–H and O–H groups in total. The molecule has 0 atom stereocenters. The lowest BCUT2D eigenvalue weighted by Crippen LogP contribution is -2.15. The predicted octanol–water partition coefficient (Wildman–Crippen LogP) is 3.96. The van der Waals surface area contributed by atoms with E-state index in [9.17, 15) is 4.79 Å². The molecule has 2 aromatic rings. The number of amides is 1. The van der Waals surface area contributed by atoms with Gasteiger partial charge in [0.15, 0.2) is 0 Å². The van der Waals surface area contributed by atoms with Gasteiger partial charge in [-0.15, -0.1) is 11.3 Å². The molecule has 0 spiro atoms. The summed E-state index contributed by atoms with van der Waals surface area (Å²) in [6, 6.07) is 11.3. The summed E-state index contributed by atoms with van der Waals surface area (Å²) in [7, 11) is 1.62. The second kappa shape index (κ2) is 5.76. The van der Waals surface area contributed by atoms with Crippen LogP contribution in [0.4, 0.5) is 0 Å². The third-order valence-electron chi connectivity index (χ3n) is 3.10. The van der Waals surface area contributed by atoms with Crippen LogP contribution in [-0.2, 0) is 4.79 Å². The zero-order valence-corrected chi connectivity index (χ0v) is 12.8. The minimum absolute atomic E-state index is 0.106. The number of carbonyl (C=O) groups is 1. The first-order valence-corrected chi connectivity index (χ1v) is 7.49. The molecule has 1 aliphatic heterocycles. The molecule has 1 aromatic carbocycles. The van der Waals surface area contributed by atoms with Crippen molar-refractivity contribution in [3.63, 3.8) is 0 Å². The summed E-state index contributed by atoms with van der Waals surface area (Å²) in [6.45, 7) is 0. The van der Waals surface area contributed by atoms with E-state index in [1.54, 1.807) is 7.11 Å². The first-order valence-electron chi connectivity index (χ1n) is 6.30. The third-order valence-corrected chi connectivity index (χ3v) is 4.28. The van der Waals surface area contributed by atoms with Crippen molar-refractivity contribution < 1.29 is 9.53 Å². The molecule has 0 saturated carbocycles. The number of nitrogens with one attached hydrogen (secondary N) is 1. The van der Waals surface area contributed by atoms with Crippen LogP contribution in [0, 0.1) is 0 Å². The maximum atomic E-state index is 12.0. The van der Waals surface area contributed by atoms with Crippen LogP contribution in [0.5, 0.6) is 5.75 Å². The van der Waals surface area contributed by atoms with Gasteiger partial charge in [0.05, 0.1) is 11.4 Å². The van der Waals surface area contributed by atoms with E-state index >= 15 is 0 Å². The van der Waals surface area contributed by atoms with Crippen molar-refractivity contribution in [3.8, 4) is 5.75 Å². The molecule has 0 aliphatic carbocycles. The Morgan fingerprint density at radius 3 is 2.57 bits per heavy atom. The Kier molecular flexibility index (Phi) is 3.82. The van der Waals surface area contributed by atoms with Crippen molar-refractivity contribution in [1.82, 2.24) is 5.32 Å². The minimum Gasteiger partial charge on any atom is -0.497 e. The number of carbonyl (C=O) groups excluding carboxylic acids is 1. The third kappa shape index (κ3) is 3.01. The fourth-order valence-corrected chi connectivity index (χ4v) is 3.06. The average molecular weight is 318 g/mol. The molecular weight excluding hydrogens is 306 g/mol. The highest BCUT2D eigenvalue weighted by molar-refractivity contribution is 7.17. The average Bonchev–Trinajstić information content (AvgIpc) is 3.06. The molecule has 3 nitrogen and oxygen atoms in total. The molecule has 0 bridgehead atoms. The summed E-state index contributed by atoms with van der Waals surface area (Å²) in [4.78, 5) is 13.0. The van der Waals surface area contributed by atoms with Crippen LogP contribution < -0.4 is 10.1 Å². The molecule has 1 amide bonds. The van der Waals surface area contributed by atoms with Crippen molar-refractivity contribution in [2.45, 2.75) is 0 Å². The molecule has 5 heteroatoms. The van der Waals surface area contributed by atoms with Gasteiger partial charge in [0.1, 0.15) is 5.75 Å². The van der Waals surface area contributed by atoms with Gasteiger partial charge in [-0.2, -0.15) is 0 Å². The standard InChI is InChI=1S/C16H12ClNO2S/c1-20-12-4-2-10(3-5-12)14-9-11(16(19)18-14)8-13-6-7-15(17)21-13/h2-9H,1H3,(H,18,19). The van der Waals surface area contributed by atoms with E-state index in [-0.39, 0.29) is 5.91 Å². The summed E-state index contributed by atoms with van der Waals surface area (Å²) in [6.07, 6.45) is 3.68. The highest BCUT2D eigenvalue weighted by atomic mass is 35.5. The van der Waals surface area contributed by atoms with E-state index in [4.69, 9.17) is 16.3 Å². The summed E-state index contributed by atoms with van der Waals surface area (Å²) < 4.78 is 5.83. The van der Waals surface area contributed by atoms with Crippen LogP contribution in [0.3, 0.4) is 0 Å². The number of benzene rings is 1. The van der Waals surface area contributed by atoms with Crippen LogP contribution in [0.15, 0.2) is 48.0 Å².